The molecule has 0 aromatic carbocycles. The van der Waals surface area contributed by atoms with Crippen molar-refractivity contribution in [2.45, 2.75) is 31.6 Å². The van der Waals surface area contributed by atoms with E-state index in [4.69, 9.17) is 15.2 Å². The van der Waals surface area contributed by atoms with Crippen molar-refractivity contribution in [3.63, 3.8) is 0 Å². The van der Waals surface area contributed by atoms with Crippen LogP contribution in [0.5, 0.6) is 0 Å². The van der Waals surface area contributed by atoms with E-state index in [1.807, 2.05) is 25.2 Å². The van der Waals surface area contributed by atoms with Crippen molar-refractivity contribution in [2.24, 2.45) is 11.7 Å². The van der Waals surface area contributed by atoms with Gasteiger partial charge in [-0.25, -0.2) is 4.39 Å². The third-order valence-electron chi connectivity index (χ3n) is 5.21. The van der Waals surface area contributed by atoms with Gasteiger partial charge in [-0.15, -0.1) is 0 Å². The van der Waals surface area contributed by atoms with E-state index in [0.717, 1.165) is 5.57 Å². The number of primary amides is 1. The monoisotopic (exact) mass is 377 g/mol. The summed E-state index contributed by atoms with van der Waals surface area (Å²) in [5.41, 5.74) is 6.57. The summed E-state index contributed by atoms with van der Waals surface area (Å²) in [7, 11) is 3.25. The summed E-state index contributed by atoms with van der Waals surface area (Å²) in [4.78, 5) is 25.1. The molecule has 0 saturated carbocycles. The molecule has 3 N–H and O–H groups in total. The average molecular weight is 377 g/mol. The van der Waals surface area contributed by atoms with Crippen molar-refractivity contribution in [1.29, 1.82) is 0 Å². The van der Waals surface area contributed by atoms with Crippen LogP contribution in [-0.4, -0.2) is 55.7 Å². The van der Waals surface area contributed by atoms with Gasteiger partial charge < -0.3 is 25.4 Å². The Balaban J connectivity index is 1.78. The Bertz CT molecular complexity index is 771. The SMILES string of the molecule is CC[C@@H]1[C@H](F)C(=O)N[C@@H]1COC1=CC=CC2=CC(C(N)=O)=C(OC)N(C)C21. The maximum absolute atomic E-state index is 14.0. The van der Waals surface area contributed by atoms with Crippen molar-refractivity contribution in [3.05, 3.63) is 47.1 Å². The minimum atomic E-state index is -1.50. The maximum Gasteiger partial charge on any atom is 0.255 e. The van der Waals surface area contributed by atoms with E-state index < -0.39 is 23.9 Å². The number of nitrogens with two attached hydrogens (primary N) is 1. The van der Waals surface area contributed by atoms with Gasteiger partial charge >= 0.3 is 0 Å². The van der Waals surface area contributed by atoms with Crippen LogP contribution in [0.25, 0.3) is 0 Å². The number of likely N-dealkylation sites (N-methyl/N-ethyl adjacent to an activating group) is 1. The van der Waals surface area contributed by atoms with E-state index in [1.165, 1.54) is 7.11 Å². The molecule has 1 aliphatic carbocycles. The lowest BCUT2D eigenvalue weighted by Gasteiger charge is -2.38. The standard InChI is InChI=1S/C19H24FN3O4/c1-4-11-13(22-18(25)15(11)20)9-27-14-7-5-6-10-8-12(17(21)24)19(26-3)23(2)16(10)14/h5-8,11,13,15-16H,4,9H2,1-3H3,(H2,21,24)(H,22,25)/t11-,13+,15-,16?/m0/s1. The molecule has 7 nitrogen and oxygen atoms in total. The predicted molar refractivity (Wildman–Crippen MR) is 96.6 cm³/mol. The molecule has 2 aliphatic heterocycles. The van der Waals surface area contributed by atoms with Crippen molar-refractivity contribution in [3.8, 4) is 0 Å². The van der Waals surface area contributed by atoms with E-state index >= 15 is 0 Å². The minimum Gasteiger partial charge on any atom is -0.493 e. The zero-order chi connectivity index (χ0) is 19.7. The smallest absolute Gasteiger partial charge is 0.255 e. The van der Waals surface area contributed by atoms with E-state index in [1.54, 1.807) is 18.0 Å². The first kappa shape index (κ1) is 19.0. The molecule has 1 fully saturated rings. The number of ether oxygens (including phenoxy) is 2. The number of carbonyl (C=O) groups excluding carboxylic acids is 2. The number of alkyl halides is 1. The van der Waals surface area contributed by atoms with Crippen LogP contribution >= 0.6 is 0 Å². The number of halogens is 1. The first-order valence-corrected chi connectivity index (χ1v) is 8.87. The molecule has 0 spiro atoms. The Morgan fingerprint density at radius 3 is 2.81 bits per heavy atom. The predicted octanol–water partition coefficient (Wildman–Crippen LogP) is 0.903. The molecule has 3 rings (SSSR count). The van der Waals surface area contributed by atoms with E-state index in [0.29, 0.717) is 18.1 Å². The molecule has 0 aromatic heterocycles. The van der Waals surface area contributed by atoms with Crippen molar-refractivity contribution < 1.29 is 23.5 Å². The second kappa shape index (κ2) is 7.46. The van der Waals surface area contributed by atoms with Crippen molar-refractivity contribution in [2.75, 3.05) is 20.8 Å². The van der Waals surface area contributed by atoms with Gasteiger partial charge in [0.1, 0.15) is 18.4 Å². The number of rotatable bonds is 6. The quantitative estimate of drug-likeness (QED) is 0.717. The molecule has 0 bridgehead atoms. The molecule has 2 heterocycles. The molecular weight excluding hydrogens is 353 g/mol. The molecular formula is C19H24FN3O4. The lowest BCUT2D eigenvalue weighted by Crippen LogP contribution is -2.42. The van der Waals surface area contributed by atoms with Gasteiger partial charge in [-0.2, -0.15) is 0 Å². The van der Waals surface area contributed by atoms with Crippen molar-refractivity contribution >= 4 is 11.8 Å². The third kappa shape index (κ3) is 3.31. The van der Waals surface area contributed by atoms with Gasteiger partial charge in [0.05, 0.1) is 18.7 Å². The van der Waals surface area contributed by atoms with Crippen LogP contribution in [0.4, 0.5) is 4.39 Å². The Labute approximate surface area is 157 Å². The normalized spacial score (nSPS) is 29.8. The molecule has 1 unspecified atom stereocenters. The Kier molecular flexibility index (Phi) is 5.25. The Hall–Kier alpha value is -2.77. The summed E-state index contributed by atoms with van der Waals surface area (Å²) in [6.45, 7) is 2.01. The van der Waals surface area contributed by atoms with Crippen LogP contribution < -0.4 is 11.1 Å². The summed E-state index contributed by atoms with van der Waals surface area (Å²) in [6, 6.07) is -0.685. The summed E-state index contributed by atoms with van der Waals surface area (Å²) >= 11 is 0. The molecule has 27 heavy (non-hydrogen) atoms. The summed E-state index contributed by atoms with van der Waals surface area (Å²) in [5, 5.41) is 2.66. The Morgan fingerprint density at radius 2 is 2.19 bits per heavy atom. The molecule has 8 heteroatoms. The molecule has 0 radical (unpaired) electrons. The van der Waals surface area contributed by atoms with Crippen LogP contribution in [0.3, 0.4) is 0 Å². The van der Waals surface area contributed by atoms with Crippen LogP contribution in [0.2, 0.25) is 0 Å². The Morgan fingerprint density at radius 1 is 1.44 bits per heavy atom. The first-order valence-electron chi connectivity index (χ1n) is 8.87. The summed E-state index contributed by atoms with van der Waals surface area (Å²) in [5.74, 6) is -0.601. The number of amides is 2. The number of hydrogen-bond donors (Lipinski definition) is 2. The van der Waals surface area contributed by atoms with E-state index in [2.05, 4.69) is 5.32 Å². The first-order chi connectivity index (χ1) is 12.9. The van der Waals surface area contributed by atoms with Gasteiger partial charge in [0, 0.05) is 13.0 Å². The van der Waals surface area contributed by atoms with E-state index in [-0.39, 0.29) is 24.3 Å². The fourth-order valence-corrected chi connectivity index (χ4v) is 3.85. The van der Waals surface area contributed by atoms with E-state index in [9.17, 15) is 14.0 Å². The largest absolute Gasteiger partial charge is 0.493 e. The van der Waals surface area contributed by atoms with Crippen LogP contribution in [0, 0.1) is 5.92 Å². The highest BCUT2D eigenvalue weighted by molar-refractivity contribution is 5.96. The third-order valence-corrected chi connectivity index (χ3v) is 5.21. The number of allylic oxidation sites excluding steroid dienone is 2. The molecule has 3 aliphatic rings. The number of nitrogens with zero attached hydrogens (tertiary/aromatic N) is 1. The number of hydrogen-bond acceptors (Lipinski definition) is 5. The zero-order valence-corrected chi connectivity index (χ0v) is 15.6. The molecule has 0 aromatic rings. The lowest BCUT2D eigenvalue weighted by molar-refractivity contribution is -0.124. The van der Waals surface area contributed by atoms with Crippen LogP contribution in [0.15, 0.2) is 47.1 Å². The highest BCUT2D eigenvalue weighted by Gasteiger charge is 2.42. The molecule has 1 saturated heterocycles. The lowest BCUT2D eigenvalue weighted by atomic mass is 9.93. The fraction of sp³-hybridized carbons (Fsp3) is 0.474. The van der Waals surface area contributed by atoms with Gasteiger partial charge in [0.25, 0.3) is 11.8 Å². The van der Waals surface area contributed by atoms with Gasteiger partial charge in [-0.05, 0) is 24.1 Å². The van der Waals surface area contributed by atoms with Gasteiger partial charge in [-0.3, -0.25) is 9.59 Å². The highest BCUT2D eigenvalue weighted by Crippen LogP contribution is 2.34. The average Bonchev–Trinajstić information content (AvgIpc) is 2.92. The van der Waals surface area contributed by atoms with Crippen LogP contribution in [-0.2, 0) is 19.1 Å². The number of nitrogens with one attached hydrogen (secondary N) is 1. The highest BCUT2D eigenvalue weighted by atomic mass is 19.1. The second-order valence-electron chi connectivity index (χ2n) is 6.77. The number of fused-ring (bicyclic) bond motifs is 1. The van der Waals surface area contributed by atoms with Crippen LogP contribution in [0.1, 0.15) is 13.3 Å². The molecule has 2 amide bonds. The second-order valence-corrected chi connectivity index (χ2v) is 6.77. The summed E-state index contributed by atoms with van der Waals surface area (Å²) in [6.07, 6.45) is 6.21. The number of carbonyl (C=O) groups is 2. The molecule has 146 valence electrons. The van der Waals surface area contributed by atoms with Gasteiger partial charge in [-0.1, -0.05) is 19.1 Å². The van der Waals surface area contributed by atoms with Gasteiger partial charge in [0.15, 0.2) is 6.17 Å². The fourth-order valence-electron chi connectivity index (χ4n) is 3.85. The topological polar surface area (TPSA) is 93.9 Å². The van der Waals surface area contributed by atoms with Gasteiger partial charge in [0.2, 0.25) is 5.88 Å². The van der Waals surface area contributed by atoms with Crippen molar-refractivity contribution in [1.82, 2.24) is 10.2 Å². The maximum atomic E-state index is 14.0. The minimum absolute atomic E-state index is 0.163. The molecule has 4 atom stereocenters. The number of methoxy groups -OCH3 is 1. The summed E-state index contributed by atoms with van der Waals surface area (Å²) < 4.78 is 25.3. The zero-order valence-electron chi connectivity index (χ0n) is 15.6.